The number of benzene rings is 1. The molecule has 0 aromatic heterocycles. The number of nitrogens with zero attached hydrogens (tertiary/aromatic N) is 1. The maximum atomic E-state index is 14.1. The zero-order valence-corrected chi connectivity index (χ0v) is 19.8. The lowest BCUT2D eigenvalue weighted by molar-refractivity contribution is -0.144. The van der Waals surface area contributed by atoms with Gasteiger partial charge in [-0.25, -0.2) is 17.6 Å². The Morgan fingerprint density at radius 3 is 2.23 bits per heavy atom. The van der Waals surface area contributed by atoms with Crippen molar-refractivity contribution in [3.8, 4) is 0 Å². The number of hydrogen-bond acceptors (Lipinski definition) is 5. The molecule has 0 saturated carbocycles. The average molecular weight is 464 g/mol. The summed E-state index contributed by atoms with van der Waals surface area (Å²) in [6, 6.07) is -0.259. The van der Waals surface area contributed by atoms with E-state index >= 15 is 0 Å². The Kier molecular flexibility index (Phi) is 9.13. The topological polar surface area (TPSA) is 65.0 Å². The number of Topliss-reactive ketones (excluding diaryl/α,β-unsaturated/α-hetero) is 1. The van der Waals surface area contributed by atoms with E-state index in [1.165, 1.54) is 6.92 Å². The Hall–Kier alpha value is -2.07. The summed E-state index contributed by atoms with van der Waals surface area (Å²) >= 11 is 0. The summed E-state index contributed by atoms with van der Waals surface area (Å²) in [7, 11) is -2.06. The summed E-state index contributed by atoms with van der Waals surface area (Å²) in [5, 5.41) is -0.0336. The summed E-state index contributed by atoms with van der Waals surface area (Å²) in [5.74, 6) is -12.0. The van der Waals surface area contributed by atoms with Crippen LogP contribution < -0.4 is 0 Å². The number of rotatable bonds is 9. The monoisotopic (exact) mass is 463 g/mol. The van der Waals surface area contributed by atoms with E-state index in [0.29, 0.717) is 0 Å². The Labute approximate surface area is 181 Å². The molecule has 0 N–H and O–H groups in total. The standard InChI is InChI=1S/C21H29F4NO4Si/c1-8-29-20(28)14(10-26-12(2)11-30-31(6,7)21(3,4)5)19(27)13-9-15(22)17(24)18(25)16(13)23/h9-10,12,14H,8,11H2,1-7H3/t12-,14?/m0/s1. The van der Waals surface area contributed by atoms with Crippen LogP contribution >= 0.6 is 0 Å². The molecule has 0 fully saturated rings. The van der Waals surface area contributed by atoms with E-state index in [1.54, 1.807) is 6.92 Å². The van der Waals surface area contributed by atoms with Gasteiger partial charge in [0.15, 0.2) is 43.3 Å². The highest BCUT2D eigenvalue weighted by Gasteiger charge is 2.37. The van der Waals surface area contributed by atoms with Crippen molar-refractivity contribution in [2.75, 3.05) is 13.2 Å². The third kappa shape index (κ3) is 6.70. The first-order valence-electron chi connectivity index (χ1n) is 9.85. The first-order chi connectivity index (χ1) is 14.1. The highest BCUT2D eigenvalue weighted by atomic mass is 28.4. The third-order valence-corrected chi connectivity index (χ3v) is 9.67. The van der Waals surface area contributed by atoms with E-state index in [9.17, 15) is 27.2 Å². The SMILES string of the molecule is CCOC(=O)C(C=N[C@@H](C)CO[Si](C)(C)C(C)(C)C)C(=O)c1cc(F)c(F)c(F)c1F. The Morgan fingerprint density at radius 1 is 1.13 bits per heavy atom. The maximum Gasteiger partial charge on any atom is 0.322 e. The second kappa shape index (κ2) is 10.5. The lowest BCUT2D eigenvalue weighted by Gasteiger charge is -2.36. The molecule has 5 nitrogen and oxygen atoms in total. The molecular weight excluding hydrogens is 434 g/mol. The van der Waals surface area contributed by atoms with Crippen molar-refractivity contribution >= 4 is 26.3 Å². The van der Waals surface area contributed by atoms with Gasteiger partial charge in [0, 0.05) is 6.21 Å². The van der Waals surface area contributed by atoms with Crippen LogP contribution in [0.5, 0.6) is 0 Å². The van der Waals surface area contributed by atoms with Crippen molar-refractivity contribution in [3.63, 3.8) is 0 Å². The van der Waals surface area contributed by atoms with E-state index in [1.807, 2.05) is 0 Å². The van der Waals surface area contributed by atoms with Crippen LogP contribution in [0, 0.1) is 29.2 Å². The Bertz CT molecular complexity index is 853. The van der Waals surface area contributed by atoms with Gasteiger partial charge < -0.3 is 9.16 Å². The average Bonchev–Trinajstić information content (AvgIpc) is 2.66. The number of carbonyl (C=O) groups excluding carboxylic acids is 2. The minimum absolute atomic E-state index is 0.0336. The Morgan fingerprint density at radius 2 is 1.71 bits per heavy atom. The molecule has 174 valence electrons. The van der Waals surface area contributed by atoms with Gasteiger partial charge in [0.05, 0.1) is 24.8 Å². The highest BCUT2D eigenvalue weighted by Crippen LogP contribution is 2.36. The van der Waals surface area contributed by atoms with Gasteiger partial charge in [-0.15, -0.1) is 0 Å². The fourth-order valence-electron chi connectivity index (χ4n) is 2.21. The van der Waals surface area contributed by atoms with Crippen LogP contribution in [0.2, 0.25) is 18.1 Å². The van der Waals surface area contributed by atoms with Crippen molar-refractivity contribution in [1.29, 1.82) is 0 Å². The summed E-state index contributed by atoms with van der Waals surface area (Å²) in [5.41, 5.74) is -1.11. The van der Waals surface area contributed by atoms with Gasteiger partial charge in [0.25, 0.3) is 0 Å². The fraction of sp³-hybridized carbons (Fsp3) is 0.571. The molecular formula is C21H29F4NO4Si. The van der Waals surface area contributed by atoms with Crippen LogP contribution in [0.1, 0.15) is 45.0 Å². The summed E-state index contributed by atoms with van der Waals surface area (Å²) in [6.45, 7) is 13.6. The number of aliphatic imine (C=N–C) groups is 1. The number of hydrogen-bond donors (Lipinski definition) is 0. The molecule has 10 heteroatoms. The molecule has 0 saturated heterocycles. The largest absolute Gasteiger partial charge is 0.465 e. The van der Waals surface area contributed by atoms with Crippen molar-refractivity contribution in [2.24, 2.45) is 10.9 Å². The van der Waals surface area contributed by atoms with Crippen LogP contribution in [0.15, 0.2) is 11.1 Å². The van der Waals surface area contributed by atoms with Gasteiger partial charge in [-0.2, -0.15) is 0 Å². The van der Waals surface area contributed by atoms with E-state index in [-0.39, 0.29) is 24.3 Å². The molecule has 0 aliphatic carbocycles. The summed E-state index contributed by atoms with van der Waals surface area (Å²) in [4.78, 5) is 29.0. The van der Waals surface area contributed by atoms with E-state index in [2.05, 4.69) is 38.9 Å². The molecule has 1 aromatic carbocycles. The first kappa shape index (κ1) is 27.0. The minimum atomic E-state index is -2.14. The van der Waals surface area contributed by atoms with Crippen molar-refractivity contribution in [2.45, 2.75) is 58.8 Å². The molecule has 0 heterocycles. The van der Waals surface area contributed by atoms with Gasteiger partial charge in [0.1, 0.15) is 0 Å². The summed E-state index contributed by atoms with van der Waals surface area (Å²) < 4.78 is 65.1. The quantitative estimate of drug-likeness (QED) is 0.0748. The number of ketones is 1. The van der Waals surface area contributed by atoms with Crippen molar-refractivity contribution in [1.82, 2.24) is 0 Å². The van der Waals surface area contributed by atoms with Gasteiger partial charge in [-0.1, -0.05) is 20.8 Å². The van der Waals surface area contributed by atoms with Crippen LogP contribution in [0.4, 0.5) is 17.6 Å². The minimum Gasteiger partial charge on any atom is -0.465 e. The molecule has 1 unspecified atom stereocenters. The lowest BCUT2D eigenvalue weighted by Crippen LogP contribution is -2.42. The fourth-order valence-corrected chi connectivity index (χ4v) is 3.30. The molecule has 0 aliphatic rings. The molecule has 0 amide bonds. The normalized spacial score (nSPS) is 14.5. The molecule has 1 aromatic rings. The molecule has 0 aliphatic heterocycles. The van der Waals surface area contributed by atoms with Crippen LogP contribution in [-0.4, -0.2) is 45.5 Å². The van der Waals surface area contributed by atoms with Gasteiger partial charge in [-0.3, -0.25) is 14.6 Å². The number of halogens is 4. The van der Waals surface area contributed by atoms with Gasteiger partial charge >= 0.3 is 5.97 Å². The highest BCUT2D eigenvalue weighted by molar-refractivity contribution is 6.74. The molecule has 1 rings (SSSR count). The molecule has 0 bridgehead atoms. The lowest BCUT2D eigenvalue weighted by atomic mass is 9.97. The van der Waals surface area contributed by atoms with Gasteiger partial charge in [-0.05, 0) is 38.0 Å². The van der Waals surface area contributed by atoms with Gasteiger partial charge in [0.2, 0.25) is 0 Å². The maximum absolute atomic E-state index is 14.1. The van der Waals surface area contributed by atoms with Crippen molar-refractivity contribution < 1.29 is 36.3 Å². The molecule has 31 heavy (non-hydrogen) atoms. The van der Waals surface area contributed by atoms with Crippen molar-refractivity contribution in [3.05, 3.63) is 34.9 Å². The van der Waals surface area contributed by atoms with Crippen LogP contribution in [0.25, 0.3) is 0 Å². The predicted octanol–water partition coefficient (Wildman–Crippen LogP) is 5.09. The second-order valence-electron chi connectivity index (χ2n) is 8.66. The summed E-state index contributed by atoms with van der Waals surface area (Å²) in [6.07, 6.45) is 0.943. The molecule has 0 radical (unpaired) electrons. The molecule has 2 atom stereocenters. The zero-order chi connectivity index (χ0) is 24.1. The predicted molar refractivity (Wildman–Crippen MR) is 112 cm³/mol. The van der Waals surface area contributed by atoms with Crippen LogP contribution in [0.3, 0.4) is 0 Å². The second-order valence-corrected chi connectivity index (χ2v) is 13.5. The van der Waals surface area contributed by atoms with E-state index in [4.69, 9.17) is 9.16 Å². The number of esters is 1. The number of ether oxygens (including phenoxy) is 1. The van der Waals surface area contributed by atoms with E-state index in [0.717, 1.165) is 6.21 Å². The first-order valence-corrected chi connectivity index (χ1v) is 12.8. The Balaban J connectivity index is 3.13. The number of carbonyl (C=O) groups is 2. The molecule has 0 spiro atoms. The smallest absolute Gasteiger partial charge is 0.322 e. The van der Waals surface area contributed by atoms with E-state index < -0.39 is 60.9 Å². The van der Waals surface area contributed by atoms with Crippen LogP contribution in [-0.2, 0) is 14.0 Å². The zero-order valence-electron chi connectivity index (χ0n) is 18.8. The third-order valence-electron chi connectivity index (χ3n) is 5.17.